The summed E-state index contributed by atoms with van der Waals surface area (Å²) in [6.07, 6.45) is 11.7. The number of rotatable bonds is 4. The molecule has 0 heteroatoms. The van der Waals surface area contributed by atoms with Crippen LogP contribution in [0.2, 0.25) is 0 Å². The highest BCUT2D eigenvalue weighted by Gasteiger charge is 2.39. The molecule has 0 aromatic heterocycles. The van der Waals surface area contributed by atoms with Gasteiger partial charge in [0.1, 0.15) is 0 Å². The Morgan fingerprint density at radius 3 is 2.64 bits per heavy atom. The van der Waals surface area contributed by atoms with Crippen molar-refractivity contribution in [1.82, 2.24) is 0 Å². The van der Waals surface area contributed by atoms with E-state index in [0.717, 1.165) is 6.42 Å². The van der Waals surface area contributed by atoms with Gasteiger partial charge in [-0.2, -0.15) is 0 Å². The summed E-state index contributed by atoms with van der Waals surface area (Å²) < 4.78 is 0. The Bertz CT molecular complexity index is 651. The first-order valence-electron chi connectivity index (χ1n) is 8.28. The molecule has 0 aliphatic heterocycles. The minimum Gasteiger partial charge on any atom is -0.0990 e. The lowest BCUT2D eigenvalue weighted by Gasteiger charge is -2.26. The molecule has 116 valence electrons. The molecule has 1 aliphatic carbocycles. The van der Waals surface area contributed by atoms with E-state index in [1.54, 1.807) is 0 Å². The molecule has 0 saturated heterocycles. The van der Waals surface area contributed by atoms with E-state index in [1.165, 1.54) is 27.8 Å². The Balaban J connectivity index is 2.61. The van der Waals surface area contributed by atoms with E-state index >= 15 is 0 Å². The number of hydrogen-bond acceptors (Lipinski definition) is 0. The van der Waals surface area contributed by atoms with E-state index in [4.69, 9.17) is 0 Å². The van der Waals surface area contributed by atoms with Crippen LogP contribution in [0.15, 0.2) is 55.2 Å². The van der Waals surface area contributed by atoms with E-state index in [9.17, 15) is 0 Å². The van der Waals surface area contributed by atoms with E-state index < -0.39 is 0 Å². The van der Waals surface area contributed by atoms with Gasteiger partial charge >= 0.3 is 0 Å². The summed E-state index contributed by atoms with van der Waals surface area (Å²) in [4.78, 5) is 0. The second-order valence-corrected chi connectivity index (χ2v) is 6.63. The van der Waals surface area contributed by atoms with E-state index in [-0.39, 0.29) is 5.41 Å². The van der Waals surface area contributed by atoms with Gasteiger partial charge in [-0.1, -0.05) is 76.8 Å². The smallest absolute Gasteiger partial charge is 0.00312 e. The molecule has 0 radical (unpaired) electrons. The normalized spacial score (nSPS) is 22.3. The number of benzene rings is 1. The second kappa shape index (κ2) is 6.52. The lowest BCUT2D eigenvalue weighted by atomic mass is 9.78. The average Bonchev–Trinajstić information content (AvgIpc) is 2.68. The molecule has 2 rings (SSSR count). The predicted molar refractivity (Wildman–Crippen MR) is 99.9 cm³/mol. The van der Waals surface area contributed by atoms with Crippen molar-refractivity contribution in [3.8, 4) is 0 Å². The van der Waals surface area contributed by atoms with E-state index in [0.29, 0.717) is 5.92 Å². The maximum atomic E-state index is 3.84. The molecule has 0 nitrogen and oxygen atoms in total. The van der Waals surface area contributed by atoms with Crippen LogP contribution >= 0.6 is 0 Å². The maximum absolute atomic E-state index is 3.84. The third kappa shape index (κ3) is 2.75. The van der Waals surface area contributed by atoms with Gasteiger partial charge in [-0.15, -0.1) is 0 Å². The van der Waals surface area contributed by atoms with Crippen LogP contribution in [0.1, 0.15) is 57.7 Å². The molecule has 1 unspecified atom stereocenters. The zero-order chi connectivity index (χ0) is 16.3. The number of allylic oxidation sites excluding steroid dienone is 7. The van der Waals surface area contributed by atoms with Crippen molar-refractivity contribution in [3.05, 3.63) is 71.8 Å². The molecule has 1 atom stereocenters. The lowest BCUT2D eigenvalue weighted by molar-refractivity contribution is 0.441. The van der Waals surface area contributed by atoms with Gasteiger partial charge in [-0.25, -0.2) is 0 Å². The van der Waals surface area contributed by atoms with Gasteiger partial charge < -0.3 is 0 Å². The molecule has 0 amide bonds. The maximum Gasteiger partial charge on any atom is -0.00312 e. The van der Waals surface area contributed by atoms with Gasteiger partial charge in [-0.3, -0.25) is 0 Å². The summed E-state index contributed by atoms with van der Waals surface area (Å²) in [5, 5.41) is 0. The van der Waals surface area contributed by atoms with Crippen LogP contribution in [0.4, 0.5) is 0 Å². The average molecular weight is 292 g/mol. The number of fused-ring (bicyclic) bond motifs is 1. The first kappa shape index (κ1) is 16.5. The Kier molecular flexibility index (Phi) is 4.90. The molecule has 0 heterocycles. The van der Waals surface area contributed by atoms with Crippen molar-refractivity contribution < 1.29 is 0 Å². The van der Waals surface area contributed by atoms with E-state index in [2.05, 4.69) is 83.7 Å². The van der Waals surface area contributed by atoms with Crippen molar-refractivity contribution >= 4 is 11.1 Å². The van der Waals surface area contributed by atoms with Gasteiger partial charge in [0.15, 0.2) is 0 Å². The van der Waals surface area contributed by atoms with E-state index in [1.807, 2.05) is 6.08 Å². The van der Waals surface area contributed by atoms with Gasteiger partial charge in [0.05, 0.1) is 0 Å². The van der Waals surface area contributed by atoms with Gasteiger partial charge in [-0.05, 0) is 58.6 Å². The highest BCUT2D eigenvalue weighted by molar-refractivity contribution is 5.82. The molecule has 0 bridgehead atoms. The first-order chi connectivity index (χ1) is 10.5. The first-order valence-corrected chi connectivity index (χ1v) is 8.28. The molecule has 1 aliphatic rings. The summed E-state index contributed by atoms with van der Waals surface area (Å²) >= 11 is 0. The molecule has 0 spiro atoms. The highest BCUT2D eigenvalue weighted by atomic mass is 14.4. The molecule has 22 heavy (non-hydrogen) atoms. The fraction of sp³-hybridized carbons (Fsp3) is 0.364. The van der Waals surface area contributed by atoms with Crippen molar-refractivity contribution in [2.24, 2.45) is 5.92 Å². The molecule has 0 N–H and O–H groups in total. The zero-order valence-corrected chi connectivity index (χ0v) is 14.6. The van der Waals surface area contributed by atoms with Crippen LogP contribution in [0.25, 0.3) is 11.1 Å². The minimum atomic E-state index is 0.182. The van der Waals surface area contributed by atoms with Gasteiger partial charge in [0.2, 0.25) is 0 Å². The largest absolute Gasteiger partial charge is 0.0990 e. The minimum absolute atomic E-state index is 0.182. The quantitative estimate of drug-likeness (QED) is 0.552. The van der Waals surface area contributed by atoms with Crippen LogP contribution in [0, 0.1) is 5.92 Å². The van der Waals surface area contributed by atoms with Crippen molar-refractivity contribution in [3.63, 3.8) is 0 Å². The van der Waals surface area contributed by atoms with Crippen LogP contribution in [-0.2, 0) is 5.41 Å². The molecule has 1 aromatic rings. The van der Waals surface area contributed by atoms with Crippen LogP contribution in [0.5, 0.6) is 0 Å². The van der Waals surface area contributed by atoms with Crippen LogP contribution in [0.3, 0.4) is 0 Å². The van der Waals surface area contributed by atoms with Gasteiger partial charge in [0.25, 0.3) is 0 Å². The zero-order valence-electron chi connectivity index (χ0n) is 14.6. The molecule has 0 fully saturated rings. The Labute approximate surface area is 136 Å². The monoisotopic (exact) mass is 292 g/mol. The lowest BCUT2D eigenvalue weighted by Crippen LogP contribution is -2.21. The highest BCUT2D eigenvalue weighted by Crippen LogP contribution is 2.50. The number of hydrogen-bond donors (Lipinski definition) is 0. The predicted octanol–water partition coefficient (Wildman–Crippen LogP) is 6.55. The van der Waals surface area contributed by atoms with Crippen molar-refractivity contribution in [2.75, 3.05) is 0 Å². The summed E-state index contributed by atoms with van der Waals surface area (Å²) in [5.74, 6) is 0.561. The Morgan fingerprint density at radius 1 is 1.32 bits per heavy atom. The van der Waals surface area contributed by atoms with Crippen molar-refractivity contribution in [1.29, 1.82) is 0 Å². The van der Waals surface area contributed by atoms with Crippen molar-refractivity contribution in [2.45, 2.75) is 46.5 Å². The van der Waals surface area contributed by atoms with Crippen LogP contribution < -0.4 is 0 Å². The molecule has 0 saturated carbocycles. The molecular formula is C22H28. The Hall–Kier alpha value is -1.82. The summed E-state index contributed by atoms with van der Waals surface area (Å²) in [6, 6.07) is 6.92. The summed E-state index contributed by atoms with van der Waals surface area (Å²) in [6.45, 7) is 15.2. The third-order valence-corrected chi connectivity index (χ3v) is 4.97. The Morgan fingerprint density at radius 2 is 2.05 bits per heavy atom. The SMILES string of the molecule is C=C/C=C(\C=C/C)c1ccc2c(c1)C(C)(C)C(C)/C2=C\CC. The summed E-state index contributed by atoms with van der Waals surface area (Å²) in [5.41, 5.74) is 7.08. The van der Waals surface area contributed by atoms with Crippen LogP contribution in [-0.4, -0.2) is 0 Å². The molecular weight excluding hydrogens is 264 g/mol. The second-order valence-electron chi connectivity index (χ2n) is 6.63. The van der Waals surface area contributed by atoms with Gasteiger partial charge in [0, 0.05) is 0 Å². The third-order valence-electron chi connectivity index (χ3n) is 4.97. The topological polar surface area (TPSA) is 0 Å². The standard InChI is InChI=1S/C22H28/c1-7-10-17(11-8-2)18-13-14-20-19(12-9-3)16(4)22(5,6)21(20)15-18/h7-8,10-16H,1,9H2,2-6H3/b11-8-,17-10+,19-12+. The fourth-order valence-corrected chi connectivity index (χ4v) is 3.43. The fourth-order valence-electron chi connectivity index (χ4n) is 3.43. The summed E-state index contributed by atoms with van der Waals surface area (Å²) in [7, 11) is 0. The molecule has 1 aromatic carbocycles.